The van der Waals surface area contributed by atoms with Gasteiger partial charge >= 0.3 is 0 Å². The average molecular weight is 395 g/mol. The van der Waals surface area contributed by atoms with Crippen molar-refractivity contribution in [2.45, 2.75) is 83.9 Å². The fourth-order valence-corrected chi connectivity index (χ4v) is 6.84. The molecule has 3 rings (SSSR count). The van der Waals surface area contributed by atoms with E-state index in [0.717, 1.165) is 57.5 Å². The third-order valence-corrected chi connectivity index (χ3v) is 8.08. The first kappa shape index (κ1) is 21.0. The highest BCUT2D eigenvalue weighted by Crippen LogP contribution is 2.45. The van der Waals surface area contributed by atoms with E-state index >= 15 is 0 Å². The van der Waals surface area contributed by atoms with Crippen LogP contribution in [0.1, 0.15) is 79.1 Å². The summed E-state index contributed by atoms with van der Waals surface area (Å²) >= 11 is 1.96. The van der Waals surface area contributed by atoms with Gasteiger partial charge in [0.15, 0.2) is 0 Å². The monoisotopic (exact) mass is 394 g/mol. The number of nitrogens with zero attached hydrogens (tertiary/aromatic N) is 2. The molecule has 0 aromatic heterocycles. The molecule has 27 heavy (non-hydrogen) atoms. The quantitative estimate of drug-likeness (QED) is 0.703. The molecule has 1 aliphatic carbocycles. The van der Waals surface area contributed by atoms with Gasteiger partial charge in [-0.3, -0.25) is 9.59 Å². The molecule has 2 amide bonds. The molecule has 0 radical (unpaired) electrons. The maximum atomic E-state index is 13.0. The van der Waals surface area contributed by atoms with Crippen LogP contribution in [0.2, 0.25) is 0 Å². The van der Waals surface area contributed by atoms with Crippen LogP contribution >= 0.6 is 11.8 Å². The van der Waals surface area contributed by atoms with E-state index in [2.05, 4.69) is 37.5 Å². The number of carbonyl (C=O) groups excluding carboxylic acids is 2. The summed E-state index contributed by atoms with van der Waals surface area (Å²) in [5.74, 6) is 2.44. The van der Waals surface area contributed by atoms with Crippen LogP contribution in [-0.4, -0.2) is 51.9 Å². The summed E-state index contributed by atoms with van der Waals surface area (Å²) < 4.78 is 0. The lowest BCUT2D eigenvalue weighted by atomic mass is 9.84. The van der Waals surface area contributed by atoms with Gasteiger partial charge in [0.2, 0.25) is 11.8 Å². The first-order valence-electron chi connectivity index (χ1n) is 10.9. The highest BCUT2D eigenvalue weighted by atomic mass is 32.2. The highest BCUT2D eigenvalue weighted by molar-refractivity contribution is 8.00. The molecular weight excluding hydrogens is 356 g/mol. The van der Waals surface area contributed by atoms with Gasteiger partial charge in [0, 0.05) is 37.7 Å². The van der Waals surface area contributed by atoms with Gasteiger partial charge in [-0.05, 0) is 43.4 Å². The normalized spacial score (nSPS) is 24.6. The second kappa shape index (κ2) is 8.34. The molecule has 1 atom stereocenters. The highest BCUT2D eigenvalue weighted by Gasteiger charge is 2.48. The van der Waals surface area contributed by atoms with Gasteiger partial charge in [0.25, 0.3) is 0 Å². The predicted molar refractivity (Wildman–Crippen MR) is 113 cm³/mol. The fourth-order valence-electron chi connectivity index (χ4n) is 5.38. The molecule has 1 saturated carbocycles. The number of piperidine rings is 1. The SMILES string of the molecule is CC(CC(=O)N1CCC2(CC1)SCCN2C(=O)C1CCCC1)CC(C)(C)C. The number of thioether (sulfide) groups is 1. The van der Waals surface area contributed by atoms with Gasteiger partial charge in [-0.1, -0.05) is 40.5 Å². The van der Waals surface area contributed by atoms with Crippen molar-refractivity contribution < 1.29 is 9.59 Å². The smallest absolute Gasteiger partial charge is 0.226 e. The topological polar surface area (TPSA) is 40.6 Å². The minimum absolute atomic E-state index is 0.0342. The number of hydrogen-bond acceptors (Lipinski definition) is 3. The van der Waals surface area contributed by atoms with Gasteiger partial charge in [-0.25, -0.2) is 0 Å². The number of likely N-dealkylation sites (tertiary alicyclic amines) is 1. The number of amides is 2. The van der Waals surface area contributed by atoms with Crippen LogP contribution in [0.25, 0.3) is 0 Å². The maximum absolute atomic E-state index is 13.0. The second-order valence-electron chi connectivity index (χ2n) is 10.2. The largest absolute Gasteiger partial charge is 0.342 e. The summed E-state index contributed by atoms with van der Waals surface area (Å²) in [6.07, 6.45) is 8.18. The Morgan fingerprint density at radius 1 is 1.11 bits per heavy atom. The van der Waals surface area contributed by atoms with Crippen LogP contribution in [0.15, 0.2) is 0 Å². The van der Waals surface area contributed by atoms with E-state index in [1.54, 1.807) is 0 Å². The lowest BCUT2D eigenvalue weighted by molar-refractivity contribution is -0.140. The van der Waals surface area contributed by atoms with Crippen LogP contribution in [-0.2, 0) is 9.59 Å². The zero-order valence-corrected chi connectivity index (χ0v) is 18.6. The number of rotatable bonds is 4. The van der Waals surface area contributed by atoms with E-state index in [4.69, 9.17) is 0 Å². The summed E-state index contributed by atoms with van der Waals surface area (Å²) in [6.45, 7) is 11.4. The summed E-state index contributed by atoms with van der Waals surface area (Å²) in [5.41, 5.74) is 0.271. The maximum Gasteiger partial charge on any atom is 0.226 e. The van der Waals surface area contributed by atoms with E-state index in [9.17, 15) is 9.59 Å². The molecule has 3 aliphatic rings. The van der Waals surface area contributed by atoms with Crippen LogP contribution in [0, 0.1) is 17.3 Å². The Morgan fingerprint density at radius 2 is 1.74 bits per heavy atom. The molecule has 2 aliphatic heterocycles. The summed E-state index contributed by atoms with van der Waals surface area (Å²) in [7, 11) is 0. The molecule has 2 saturated heterocycles. The van der Waals surface area contributed by atoms with Crippen molar-refractivity contribution >= 4 is 23.6 Å². The van der Waals surface area contributed by atoms with E-state index < -0.39 is 0 Å². The van der Waals surface area contributed by atoms with E-state index in [1.165, 1.54) is 12.8 Å². The first-order valence-corrected chi connectivity index (χ1v) is 11.9. The standard InChI is InChI=1S/C22H38N2O2S/c1-17(16-21(2,3)4)15-19(25)23-11-9-22(10-12-23)24(13-14-27-22)20(26)18-7-5-6-8-18/h17-18H,5-16H2,1-4H3. The molecule has 0 aromatic rings. The van der Waals surface area contributed by atoms with Crippen LogP contribution in [0.3, 0.4) is 0 Å². The molecule has 0 N–H and O–H groups in total. The van der Waals surface area contributed by atoms with Crippen LogP contribution in [0.4, 0.5) is 0 Å². The van der Waals surface area contributed by atoms with E-state index in [-0.39, 0.29) is 16.2 Å². The Kier molecular flexibility index (Phi) is 6.49. The summed E-state index contributed by atoms with van der Waals surface area (Å²) in [4.78, 5) is 30.0. The molecule has 4 nitrogen and oxygen atoms in total. The van der Waals surface area contributed by atoms with Crippen molar-refractivity contribution in [1.29, 1.82) is 0 Å². The predicted octanol–water partition coefficient (Wildman–Crippen LogP) is 4.53. The van der Waals surface area contributed by atoms with Crippen molar-refractivity contribution in [1.82, 2.24) is 9.80 Å². The number of hydrogen-bond donors (Lipinski definition) is 0. The Hall–Kier alpha value is -0.710. The molecular formula is C22H38N2O2S. The van der Waals surface area contributed by atoms with Crippen molar-refractivity contribution in [3.05, 3.63) is 0 Å². The van der Waals surface area contributed by atoms with Crippen molar-refractivity contribution in [2.75, 3.05) is 25.4 Å². The fraction of sp³-hybridized carbons (Fsp3) is 0.909. The average Bonchev–Trinajstić information content (AvgIpc) is 3.23. The minimum atomic E-state index is -0.0342. The Labute approximate surface area is 169 Å². The summed E-state index contributed by atoms with van der Waals surface area (Å²) in [5, 5.41) is 0. The first-order chi connectivity index (χ1) is 12.7. The lowest BCUT2D eigenvalue weighted by Crippen LogP contribution is -2.54. The van der Waals surface area contributed by atoms with Gasteiger partial charge in [-0.2, -0.15) is 0 Å². The molecule has 0 aromatic carbocycles. The minimum Gasteiger partial charge on any atom is -0.342 e. The van der Waals surface area contributed by atoms with E-state index in [0.29, 0.717) is 24.2 Å². The Bertz CT molecular complexity index is 543. The van der Waals surface area contributed by atoms with Gasteiger partial charge in [-0.15, -0.1) is 11.8 Å². The van der Waals surface area contributed by atoms with Crippen molar-refractivity contribution in [3.63, 3.8) is 0 Å². The molecule has 154 valence electrons. The third-order valence-electron chi connectivity index (χ3n) is 6.53. The van der Waals surface area contributed by atoms with Gasteiger partial charge in [0.05, 0.1) is 4.87 Å². The zero-order valence-electron chi connectivity index (χ0n) is 17.8. The van der Waals surface area contributed by atoms with Crippen molar-refractivity contribution in [3.8, 4) is 0 Å². The Balaban J connectivity index is 1.54. The molecule has 3 fully saturated rings. The van der Waals surface area contributed by atoms with Gasteiger partial charge in [0.1, 0.15) is 0 Å². The van der Waals surface area contributed by atoms with Crippen molar-refractivity contribution in [2.24, 2.45) is 17.3 Å². The number of carbonyl (C=O) groups is 2. The Morgan fingerprint density at radius 3 is 2.33 bits per heavy atom. The zero-order chi connectivity index (χ0) is 19.7. The van der Waals surface area contributed by atoms with Crippen LogP contribution in [0.5, 0.6) is 0 Å². The molecule has 0 bridgehead atoms. The molecule has 1 spiro atoms. The second-order valence-corrected chi connectivity index (χ2v) is 11.7. The lowest BCUT2D eigenvalue weighted by Gasteiger charge is -2.45. The van der Waals surface area contributed by atoms with Crippen LogP contribution < -0.4 is 0 Å². The van der Waals surface area contributed by atoms with Gasteiger partial charge < -0.3 is 9.80 Å². The summed E-state index contributed by atoms with van der Waals surface area (Å²) in [6, 6.07) is 0. The molecule has 2 heterocycles. The molecule has 1 unspecified atom stereocenters. The molecule has 5 heteroatoms. The van der Waals surface area contributed by atoms with E-state index in [1.807, 2.05) is 11.8 Å². The third kappa shape index (κ3) is 5.02.